The first-order valence-corrected chi connectivity index (χ1v) is 11.3. The smallest absolute Gasteiger partial charge is 0.243 e. The van der Waals surface area contributed by atoms with E-state index >= 15 is 0 Å². The minimum absolute atomic E-state index is 0.0768. The van der Waals surface area contributed by atoms with Gasteiger partial charge in [0.2, 0.25) is 27.5 Å². The molecule has 4 rings (SSSR count). The highest BCUT2D eigenvalue weighted by Crippen LogP contribution is 2.29. The summed E-state index contributed by atoms with van der Waals surface area (Å²) in [6.45, 7) is 3.09. The van der Waals surface area contributed by atoms with Crippen LogP contribution < -0.4 is 5.32 Å². The Morgan fingerprint density at radius 3 is 2.40 bits per heavy atom. The fraction of sp³-hybridized carbons (Fsp3) is 0.273. The Labute approximate surface area is 176 Å². The molecule has 1 aliphatic rings. The number of nitrogens with zero attached hydrogens (tertiary/aromatic N) is 3. The standard InChI is InChI=1S/C22H22N4O3S/c1-16(17-7-3-2-4-8-17)24-22-20(15-23)25-21(29-22)18-9-11-19(12-10-18)30(27,28)26-13-5-6-14-26/h2-4,7-12,16,24H,5-6,13-14H2,1H3. The van der Waals surface area contributed by atoms with Gasteiger partial charge in [0.25, 0.3) is 0 Å². The van der Waals surface area contributed by atoms with E-state index in [2.05, 4.69) is 10.3 Å². The average molecular weight is 423 g/mol. The molecule has 0 spiro atoms. The molecule has 7 nitrogen and oxygen atoms in total. The molecule has 8 heteroatoms. The summed E-state index contributed by atoms with van der Waals surface area (Å²) in [6, 6.07) is 18.2. The number of nitriles is 1. The lowest BCUT2D eigenvalue weighted by Crippen LogP contribution is -2.27. The second-order valence-electron chi connectivity index (χ2n) is 7.22. The third-order valence-electron chi connectivity index (χ3n) is 5.18. The molecule has 1 aliphatic heterocycles. The van der Waals surface area contributed by atoms with Crippen molar-refractivity contribution in [3.05, 3.63) is 65.9 Å². The Bertz CT molecular complexity index is 1160. The summed E-state index contributed by atoms with van der Waals surface area (Å²) in [6.07, 6.45) is 1.78. The predicted molar refractivity (Wildman–Crippen MR) is 113 cm³/mol. The highest BCUT2D eigenvalue weighted by atomic mass is 32.2. The third-order valence-corrected chi connectivity index (χ3v) is 7.10. The number of hydrogen-bond acceptors (Lipinski definition) is 6. The van der Waals surface area contributed by atoms with Crippen molar-refractivity contribution in [2.45, 2.75) is 30.7 Å². The number of nitrogens with one attached hydrogen (secondary N) is 1. The van der Waals surface area contributed by atoms with Gasteiger partial charge in [-0.15, -0.1) is 0 Å². The summed E-state index contributed by atoms with van der Waals surface area (Å²) in [5, 5.41) is 12.6. The zero-order chi connectivity index (χ0) is 21.1. The van der Waals surface area contributed by atoms with Crippen LogP contribution in [0.25, 0.3) is 11.5 Å². The van der Waals surface area contributed by atoms with E-state index < -0.39 is 10.0 Å². The molecule has 1 fully saturated rings. The zero-order valence-electron chi connectivity index (χ0n) is 16.6. The van der Waals surface area contributed by atoms with Crippen LogP contribution in [-0.2, 0) is 10.0 Å². The van der Waals surface area contributed by atoms with E-state index in [0.717, 1.165) is 18.4 Å². The molecule has 1 aromatic heterocycles. The third kappa shape index (κ3) is 3.95. The lowest BCUT2D eigenvalue weighted by Gasteiger charge is -2.15. The van der Waals surface area contributed by atoms with Gasteiger partial charge in [-0.3, -0.25) is 0 Å². The van der Waals surface area contributed by atoms with Crippen molar-refractivity contribution >= 4 is 15.9 Å². The molecule has 2 heterocycles. The second-order valence-corrected chi connectivity index (χ2v) is 9.16. The van der Waals surface area contributed by atoms with Crippen LogP contribution in [-0.4, -0.2) is 30.8 Å². The molecule has 30 heavy (non-hydrogen) atoms. The van der Waals surface area contributed by atoms with Crippen molar-refractivity contribution in [1.29, 1.82) is 5.26 Å². The van der Waals surface area contributed by atoms with E-state index in [1.54, 1.807) is 24.3 Å². The van der Waals surface area contributed by atoms with Gasteiger partial charge in [-0.2, -0.15) is 14.6 Å². The van der Waals surface area contributed by atoms with E-state index in [0.29, 0.717) is 18.7 Å². The predicted octanol–water partition coefficient (Wildman–Crippen LogP) is 4.17. The van der Waals surface area contributed by atoms with Crippen LogP contribution in [0.4, 0.5) is 5.88 Å². The van der Waals surface area contributed by atoms with Gasteiger partial charge in [0, 0.05) is 18.7 Å². The summed E-state index contributed by atoms with van der Waals surface area (Å²) < 4.78 is 32.7. The van der Waals surface area contributed by atoms with E-state index in [1.807, 2.05) is 43.3 Å². The lowest BCUT2D eigenvalue weighted by atomic mass is 10.1. The van der Waals surface area contributed by atoms with Crippen LogP contribution in [0, 0.1) is 11.3 Å². The maximum atomic E-state index is 12.7. The highest BCUT2D eigenvalue weighted by molar-refractivity contribution is 7.89. The SMILES string of the molecule is CC(Nc1oc(-c2ccc(S(=O)(=O)N3CCCC3)cc2)nc1C#N)c1ccccc1. The normalized spacial score (nSPS) is 15.6. The van der Waals surface area contributed by atoms with Gasteiger partial charge < -0.3 is 9.73 Å². The Morgan fingerprint density at radius 2 is 1.77 bits per heavy atom. The number of benzene rings is 2. The summed E-state index contributed by atoms with van der Waals surface area (Å²) in [4.78, 5) is 4.51. The summed E-state index contributed by atoms with van der Waals surface area (Å²) in [5.74, 6) is 0.553. The molecule has 1 unspecified atom stereocenters. The number of aromatic nitrogens is 1. The summed E-state index contributed by atoms with van der Waals surface area (Å²) in [5.41, 5.74) is 1.81. The minimum atomic E-state index is -3.47. The van der Waals surface area contributed by atoms with Crippen LogP contribution in [0.2, 0.25) is 0 Å². The van der Waals surface area contributed by atoms with Crippen LogP contribution in [0.5, 0.6) is 0 Å². The quantitative estimate of drug-likeness (QED) is 0.640. The monoisotopic (exact) mass is 422 g/mol. The number of oxazole rings is 1. The number of sulfonamides is 1. The second kappa shape index (κ2) is 8.30. The van der Waals surface area contributed by atoms with Gasteiger partial charge in [0.1, 0.15) is 6.07 Å². The van der Waals surface area contributed by atoms with Crippen LogP contribution >= 0.6 is 0 Å². The van der Waals surface area contributed by atoms with Crippen LogP contribution in [0.1, 0.15) is 37.1 Å². The topological polar surface area (TPSA) is 99.2 Å². The Morgan fingerprint density at radius 1 is 1.10 bits per heavy atom. The molecular formula is C22H22N4O3S. The van der Waals surface area contributed by atoms with E-state index in [4.69, 9.17) is 4.42 Å². The minimum Gasteiger partial charge on any atom is -0.419 e. The highest BCUT2D eigenvalue weighted by Gasteiger charge is 2.27. The zero-order valence-corrected chi connectivity index (χ0v) is 17.4. The maximum Gasteiger partial charge on any atom is 0.243 e. The fourth-order valence-electron chi connectivity index (χ4n) is 3.49. The number of rotatable bonds is 6. The van der Waals surface area contributed by atoms with Crippen LogP contribution in [0.3, 0.4) is 0 Å². The molecule has 154 valence electrons. The fourth-order valence-corrected chi connectivity index (χ4v) is 5.00. The van der Waals surface area contributed by atoms with Crippen molar-refractivity contribution in [2.75, 3.05) is 18.4 Å². The molecule has 0 bridgehead atoms. The first kappa shape index (κ1) is 20.1. The Balaban J connectivity index is 1.57. The van der Waals surface area contributed by atoms with Crippen molar-refractivity contribution in [3.63, 3.8) is 0 Å². The largest absolute Gasteiger partial charge is 0.419 e. The maximum absolute atomic E-state index is 12.7. The van der Waals surface area contributed by atoms with Gasteiger partial charge in [-0.05, 0) is 49.6 Å². The molecule has 1 atom stereocenters. The molecule has 0 amide bonds. The molecule has 3 aromatic rings. The van der Waals surface area contributed by atoms with Gasteiger partial charge in [0.15, 0.2) is 0 Å². The van der Waals surface area contributed by atoms with Crippen molar-refractivity contribution in [3.8, 4) is 17.5 Å². The van der Waals surface area contributed by atoms with Crippen molar-refractivity contribution in [1.82, 2.24) is 9.29 Å². The molecular weight excluding hydrogens is 400 g/mol. The number of anilines is 1. The molecule has 1 saturated heterocycles. The molecule has 2 aromatic carbocycles. The molecule has 0 saturated carbocycles. The summed E-state index contributed by atoms with van der Waals surface area (Å²) >= 11 is 0. The van der Waals surface area contributed by atoms with Gasteiger partial charge in [-0.25, -0.2) is 8.42 Å². The van der Waals surface area contributed by atoms with Gasteiger partial charge >= 0.3 is 0 Å². The van der Waals surface area contributed by atoms with E-state index in [-0.39, 0.29) is 28.4 Å². The van der Waals surface area contributed by atoms with Crippen molar-refractivity contribution < 1.29 is 12.8 Å². The number of hydrogen-bond donors (Lipinski definition) is 1. The van der Waals surface area contributed by atoms with Gasteiger partial charge in [-0.1, -0.05) is 30.3 Å². The molecule has 0 radical (unpaired) electrons. The lowest BCUT2D eigenvalue weighted by molar-refractivity contribution is 0.477. The first-order valence-electron chi connectivity index (χ1n) is 9.82. The van der Waals surface area contributed by atoms with Gasteiger partial charge in [0.05, 0.1) is 10.9 Å². The van der Waals surface area contributed by atoms with E-state index in [9.17, 15) is 13.7 Å². The Kier molecular flexibility index (Phi) is 5.57. The summed E-state index contributed by atoms with van der Waals surface area (Å²) in [7, 11) is -3.47. The molecule has 0 aliphatic carbocycles. The first-order chi connectivity index (χ1) is 14.5. The van der Waals surface area contributed by atoms with Crippen molar-refractivity contribution in [2.24, 2.45) is 0 Å². The Hall–Kier alpha value is -3.15. The van der Waals surface area contributed by atoms with Crippen LogP contribution in [0.15, 0.2) is 63.9 Å². The molecule has 1 N–H and O–H groups in total. The van der Waals surface area contributed by atoms with E-state index in [1.165, 1.54) is 4.31 Å². The average Bonchev–Trinajstić information content (AvgIpc) is 3.45.